The number of aromatic nitrogens is 1. The average molecular weight is 257 g/mol. The van der Waals surface area contributed by atoms with E-state index >= 15 is 0 Å². The highest BCUT2D eigenvalue weighted by Gasteiger charge is 2.26. The Morgan fingerprint density at radius 3 is 2.62 bits per heavy atom. The number of hydrogen-bond donors (Lipinski definition) is 1. The van der Waals surface area contributed by atoms with Crippen LogP contribution in [0.1, 0.15) is 12.1 Å². The van der Waals surface area contributed by atoms with E-state index in [9.17, 15) is 13.2 Å². The largest absolute Gasteiger partial charge is 0.493 e. The number of nitrogens with zero attached hydrogens (tertiary/aromatic N) is 1. The number of rotatable bonds is 4. The maximum atomic E-state index is 11.8. The van der Waals surface area contributed by atoms with E-state index in [2.05, 4.69) is 4.98 Å². The van der Waals surface area contributed by atoms with E-state index in [4.69, 9.17) is 10.5 Å². The van der Waals surface area contributed by atoms with Gasteiger partial charge in [-0.1, -0.05) is 0 Å². The molecular formula is C9H12ClF3N2O. The minimum atomic E-state index is -4.19. The fourth-order valence-electron chi connectivity index (χ4n) is 0.942. The smallest absolute Gasteiger partial charge is 0.392 e. The molecule has 16 heavy (non-hydrogen) atoms. The van der Waals surface area contributed by atoms with E-state index in [1.54, 1.807) is 0 Å². The van der Waals surface area contributed by atoms with Crippen molar-refractivity contribution in [2.75, 3.05) is 6.61 Å². The standard InChI is InChI=1S/C9H11F3N2O.ClH/c10-9(11,12)2-4-15-8-1-3-14-7(5-8)6-13;/h1,3,5H,2,4,6,13H2;1H. The summed E-state index contributed by atoms with van der Waals surface area (Å²) in [6, 6.07) is 3.02. The molecule has 92 valence electrons. The Bertz CT molecular complexity index is 320. The molecule has 0 aliphatic carbocycles. The van der Waals surface area contributed by atoms with E-state index < -0.39 is 19.2 Å². The third-order valence-corrected chi connectivity index (χ3v) is 1.65. The first-order valence-electron chi connectivity index (χ1n) is 4.36. The van der Waals surface area contributed by atoms with Crippen LogP contribution in [0.2, 0.25) is 0 Å². The number of nitrogens with two attached hydrogens (primary N) is 1. The Morgan fingerprint density at radius 1 is 1.38 bits per heavy atom. The summed E-state index contributed by atoms with van der Waals surface area (Å²) in [5, 5.41) is 0. The molecule has 0 bridgehead atoms. The summed E-state index contributed by atoms with van der Waals surface area (Å²) >= 11 is 0. The van der Waals surface area contributed by atoms with Crippen molar-refractivity contribution in [3.05, 3.63) is 24.0 Å². The fraction of sp³-hybridized carbons (Fsp3) is 0.444. The third kappa shape index (κ3) is 5.77. The van der Waals surface area contributed by atoms with Gasteiger partial charge < -0.3 is 10.5 Å². The molecule has 1 aromatic heterocycles. The van der Waals surface area contributed by atoms with Gasteiger partial charge in [-0.2, -0.15) is 13.2 Å². The molecule has 7 heteroatoms. The minimum absolute atomic E-state index is 0. The van der Waals surface area contributed by atoms with E-state index in [0.29, 0.717) is 11.4 Å². The van der Waals surface area contributed by atoms with Gasteiger partial charge in [0.25, 0.3) is 0 Å². The summed E-state index contributed by atoms with van der Waals surface area (Å²) in [4.78, 5) is 3.89. The molecule has 0 atom stereocenters. The zero-order valence-electron chi connectivity index (χ0n) is 8.33. The summed E-state index contributed by atoms with van der Waals surface area (Å²) in [7, 11) is 0. The van der Waals surface area contributed by atoms with Crippen molar-refractivity contribution in [3.63, 3.8) is 0 Å². The summed E-state index contributed by atoms with van der Waals surface area (Å²) in [6.45, 7) is -0.159. The number of alkyl halides is 3. The monoisotopic (exact) mass is 256 g/mol. The SMILES string of the molecule is Cl.NCc1cc(OCCC(F)(F)F)ccn1. The van der Waals surface area contributed by atoms with Gasteiger partial charge in [-0.05, 0) is 6.07 Å². The molecule has 3 nitrogen and oxygen atoms in total. The lowest BCUT2D eigenvalue weighted by atomic mass is 10.3. The van der Waals surface area contributed by atoms with Gasteiger partial charge in [0, 0.05) is 18.8 Å². The van der Waals surface area contributed by atoms with Crippen LogP contribution >= 0.6 is 12.4 Å². The van der Waals surface area contributed by atoms with Gasteiger partial charge in [0.1, 0.15) is 5.75 Å². The van der Waals surface area contributed by atoms with Crippen LogP contribution in [0.4, 0.5) is 13.2 Å². The zero-order chi connectivity index (χ0) is 11.3. The number of pyridine rings is 1. The molecule has 1 heterocycles. The van der Waals surface area contributed by atoms with Crippen LogP contribution in [0, 0.1) is 0 Å². The Balaban J connectivity index is 0.00000225. The molecule has 0 aliphatic rings. The molecule has 0 aliphatic heterocycles. The molecule has 1 aromatic rings. The highest BCUT2D eigenvalue weighted by Crippen LogP contribution is 2.20. The van der Waals surface area contributed by atoms with Crippen molar-refractivity contribution in [1.82, 2.24) is 4.98 Å². The maximum absolute atomic E-state index is 11.8. The highest BCUT2D eigenvalue weighted by molar-refractivity contribution is 5.85. The lowest BCUT2D eigenvalue weighted by Crippen LogP contribution is -2.13. The van der Waals surface area contributed by atoms with Gasteiger partial charge in [0.15, 0.2) is 0 Å². The van der Waals surface area contributed by atoms with Crippen molar-refractivity contribution >= 4 is 12.4 Å². The van der Waals surface area contributed by atoms with E-state index in [1.165, 1.54) is 18.3 Å². The first-order valence-corrected chi connectivity index (χ1v) is 4.36. The van der Waals surface area contributed by atoms with Crippen molar-refractivity contribution < 1.29 is 17.9 Å². The van der Waals surface area contributed by atoms with Gasteiger partial charge in [-0.25, -0.2) is 0 Å². The van der Waals surface area contributed by atoms with Crippen LogP contribution in [-0.2, 0) is 6.54 Å². The van der Waals surface area contributed by atoms with Crippen molar-refractivity contribution in [2.24, 2.45) is 5.73 Å². The second-order valence-corrected chi connectivity index (χ2v) is 2.90. The second kappa shape index (κ2) is 6.55. The molecule has 0 saturated carbocycles. The van der Waals surface area contributed by atoms with Crippen molar-refractivity contribution in [1.29, 1.82) is 0 Å². The molecule has 0 fully saturated rings. The second-order valence-electron chi connectivity index (χ2n) is 2.90. The Morgan fingerprint density at radius 2 is 2.06 bits per heavy atom. The fourth-order valence-corrected chi connectivity index (χ4v) is 0.942. The molecular weight excluding hydrogens is 245 g/mol. The number of halogens is 4. The van der Waals surface area contributed by atoms with Gasteiger partial charge >= 0.3 is 6.18 Å². The van der Waals surface area contributed by atoms with Gasteiger partial charge in [-0.3, -0.25) is 4.98 Å². The van der Waals surface area contributed by atoms with Crippen LogP contribution in [0.15, 0.2) is 18.3 Å². The van der Waals surface area contributed by atoms with Crippen LogP contribution in [0.3, 0.4) is 0 Å². The van der Waals surface area contributed by atoms with Crippen molar-refractivity contribution in [2.45, 2.75) is 19.1 Å². The van der Waals surface area contributed by atoms with E-state index in [0.717, 1.165) is 0 Å². The Hall–Kier alpha value is -1.01. The maximum Gasteiger partial charge on any atom is 0.392 e. The van der Waals surface area contributed by atoms with Crippen LogP contribution in [-0.4, -0.2) is 17.8 Å². The molecule has 2 N–H and O–H groups in total. The lowest BCUT2D eigenvalue weighted by molar-refractivity contribution is -0.139. The zero-order valence-corrected chi connectivity index (χ0v) is 9.14. The summed E-state index contributed by atoms with van der Waals surface area (Å²) < 4.78 is 40.3. The van der Waals surface area contributed by atoms with Crippen molar-refractivity contribution in [3.8, 4) is 5.75 Å². The molecule has 0 unspecified atom stereocenters. The Kier molecular flexibility index (Phi) is 6.13. The normalized spacial score (nSPS) is 10.8. The average Bonchev–Trinajstić information content (AvgIpc) is 2.16. The van der Waals surface area contributed by atoms with E-state index in [-0.39, 0.29) is 19.0 Å². The lowest BCUT2D eigenvalue weighted by Gasteiger charge is -2.08. The predicted octanol–water partition coefficient (Wildman–Crippen LogP) is 2.29. The molecule has 0 aromatic carbocycles. The van der Waals surface area contributed by atoms with Gasteiger partial charge in [-0.15, -0.1) is 12.4 Å². The molecule has 1 rings (SSSR count). The number of ether oxygens (including phenoxy) is 1. The molecule has 0 saturated heterocycles. The van der Waals surface area contributed by atoms with Crippen LogP contribution in [0.25, 0.3) is 0 Å². The van der Waals surface area contributed by atoms with E-state index in [1.807, 2.05) is 0 Å². The third-order valence-electron chi connectivity index (χ3n) is 1.65. The summed E-state index contributed by atoms with van der Waals surface area (Å²) in [5.74, 6) is 0.356. The topological polar surface area (TPSA) is 48.1 Å². The summed E-state index contributed by atoms with van der Waals surface area (Å²) in [6.07, 6.45) is -3.71. The first-order chi connectivity index (χ1) is 7.01. The van der Waals surface area contributed by atoms with Crippen LogP contribution in [0.5, 0.6) is 5.75 Å². The van der Waals surface area contributed by atoms with Crippen LogP contribution < -0.4 is 10.5 Å². The quantitative estimate of drug-likeness (QED) is 0.899. The van der Waals surface area contributed by atoms with Gasteiger partial charge in [0.05, 0.1) is 18.7 Å². The highest BCUT2D eigenvalue weighted by atomic mass is 35.5. The molecule has 0 amide bonds. The molecule has 0 radical (unpaired) electrons. The first kappa shape index (κ1) is 15.0. The summed E-state index contributed by atoms with van der Waals surface area (Å²) in [5.41, 5.74) is 5.90. The molecule has 0 spiro atoms. The Labute approximate surface area is 97.2 Å². The number of hydrogen-bond acceptors (Lipinski definition) is 3. The van der Waals surface area contributed by atoms with Gasteiger partial charge in [0.2, 0.25) is 0 Å². The predicted molar refractivity (Wildman–Crippen MR) is 55.5 cm³/mol. The minimum Gasteiger partial charge on any atom is -0.493 e.